The summed E-state index contributed by atoms with van der Waals surface area (Å²) in [7, 11) is 0. The number of carbonyl (C=O) groups is 1. The summed E-state index contributed by atoms with van der Waals surface area (Å²) in [5.74, 6) is 1.89. The molecule has 6 nitrogen and oxygen atoms in total. The fourth-order valence-corrected chi connectivity index (χ4v) is 4.19. The van der Waals surface area contributed by atoms with Crippen LogP contribution in [0.15, 0.2) is 85.2 Å². The molecular weight excluding hydrogens is 410 g/mol. The third-order valence-electron chi connectivity index (χ3n) is 6.07. The third kappa shape index (κ3) is 4.65. The minimum absolute atomic E-state index is 0.112. The molecule has 166 valence electrons. The van der Waals surface area contributed by atoms with Gasteiger partial charge < -0.3 is 14.4 Å². The highest BCUT2D eigenvalue weighted by Gasteiger charge is 2.23. The van der Waals surface area contributed by atoms with Crippen LogP contribution in [0.5, 0.6) is 0 Å². The zero-order valence-electron chi connectivity index (χ0n) is 18.8. The number of aryl methyl sites for hydroxylation is 1. The minimum Gasteiger partial charge on any atom is -0.353 e. The number of piperazine rings is 1. The molecule has 0 bridgehead atoms. The Morgan fingerprint density at radius 3 is 2.27 bits per heavy atom. The zero-order chi connectivity index (χ0) is 22.6. The van der Waals surface area contributed by atoms with Crippen molar-refractivity contribution in [2.75, 3.05) is 31.1 Å². The van der Waals surface area contributed by atoms with Crippen molar-refractivity contribution in [1.29, 1.82) is 0 Å². The number of imidazole rings is 1. The van der Waals surface area contributed by atoms with E-state index >= 15 is 0 Å². The van der Waals surface area contributed by atoms with Gasteiger partial charge in [-0.05, 0) is 19.1 Å². The Labute approximate surface area is 194 Å². The van der Waals surface area contributed by atoms with Crippen LogP contribution < -0.4 is 4.90 Å². The van der Waals surface area contributed by atoms with Crippen molar-refractivity contribution in [1.82, 2.24) is 19.4 Å². The molecular formula is C27H27N5O. The summed E-state index contributed by atoms with van der Waals surface area (Å²) in [4.78, 5) is 26.7. The summed E-state index contributed by atoms with van der Waals surface area (Å²) in [6.07, 6.45) is 3.80. The van der Waals surface area contributed by atoms with Gasteiger partial charge in [0.1, 0.15) is 18.2 Å². The lowest BCUT2D eigenvalue weighted by atomic mass is 10.1. The Kier molecular flexibility index (Phi) is 5.89. The number of benzene rings is 2. The van der Waals surface area contributed by atoms with Crippen molar-refractivity contribution in [3.8, 4) is 22.6 Å². The van der Waals surface area contributed by atoms with E-state index in [1.54, 1.807) is 0 Å². The maximum Gasteiger partial charge on any atom is 0.242 e. The Bertz CT molecular complexity index is 1210. The molecule has 0 N–H and O–H groups in total. The quantitative estimate of drug-likeness (QED) is 0.468. The molecule has 1 amide bonds. The van der Waals surface area contributed by atoms with Gasteiger partial charge in [0.2, 0.25) is 5.91 Å². The normalized spacial score (nSPS) is 13.8. The van der Waals surface area contributed by atoms with E-state index < -0.39 is 0 Å². The predicted octanol–water partition coefficient (Wildman–Crippen LogP) is 4.27. The van der Waals surface area contributed by atoms with E-state index in [0.29, 0.717) is 13.1 Å². The first-order chi connectivity index (χ1) is 16.2. The van der Waals surface area contributed by atoms with Crippen molar-refractivity contribution >= 4 is 11.7 Å². The molecule has 1 saturated heterocycles. The molecule has 2 aromatic carbocycles. The molecule has 1 aliphatic heterocycles. The Balaban J connectivity index is 1.35. The van der Waals surface area contributed by atoms with Gasteiger partial charge in [0.25, 0.3) is 0 Å². The van der Waals surface area contributed by atoms with Crippen LogP contribution in [0.4, 0.5) is 5.82 Å². The van der Waals surface area contributed by atoms with Gasteiger partial charge in [-0.15, -0.1) is 0 Å². The summed E-state index contributed by atoms with van der Waals surface area (Å²) >= 11 is 0. The minimum atomic E-state index is 0.112. The topological polar surface area (TPSA) is 54.3 Å². The maximum absolute atomic E-state index is 13.2. The van der Waals surface area contributed by atoms with E-state index in [9.17, 15) is 4.79 Å². The molecule has 3 heterocycles. The second-order valence-electron chi connectivity index (χ2n) is 8.37. The van der Waals surface area contributed by atoms with Crippen LogP contribution in [0.1, 0.15) is 5.56 Å². The average molecular weight is 438 g/mol. The number of amides is 1. The van der Waals surface area contributed by atoms with Gasteiger partial charge >= 0.3 is 0 Å². The molecule has 6 heteroatoms. The van der Waals surface area contributed by atoms with Crippen molar-refractivity contribution in [3.05, 3.63) is 90.8 Å². The van der Waals surface area contributed by atoms with Crippen LogP contribution in [0.25, 0.3) is 22.6 Å². The molecule has 4 aromatic rings. The maximum atomic E-state index is 13.2. The smallest absolute Gasteiger partial charge is 0.242 e. The fourth-order valence-electron chi connectivity index (χ4n) is 4.19. The number of aromatic nitrogens is 3. The molecule has 0 saturated carbocycles. The van der Waals surface area contributed by atoms with Gasteiger partial charge in [0.15, 0.2) is 0 Å². The highest BCUT2D eigenvalue weighted by molar-refractivity contribution is 5.78. The van der Waals surface area contributed by atoms with E-state index in [1.165, 1.54) is 5.56 Å². The first-order valence-corrected chi connectivity index (χ1v) is 11.3. The summed E-state index contributed by atoms with van der Waals surface area (Å²) in [5.41, 5.74) is 4.12. The Morgan fingerprint density at radius 2 is 1.58 bits per heavy atom. The number of rotatable bonds is 5. The fraction of sp³-hybridized carbons (Fsp3) is 0.222. The van der Waals surface area contributed by atoms with Crippen molar-refractivity contribution < 1.29 is 4.79 Å². The van der Waals surface area contributed by atoms with Crippen LogP contribution in [-0.4, -0.2) is 51.5 Å². The second kappa shape index (κ2) is 9.28. The standard InChI is InChI=1S/C27H27N5O/c1-21-10-12-23(13-11-21)27-29-24(22-7-3-2-4-8-22)19-32(27)20-26(33)31-17-15-30(16-18-31)25-9-5-6-14-28-25/h2-14,19H,15-18,20H2,1H3. The van der Waals surface area contributed by atoms with Crippen LogP contribution in [0.2, 0.25) is 0 Å². The number of carbonyl (C=O) groups excluding carboxylic acids is 1. The second-order valence-corrected chi connectivity index (χ2v) is 8.37. The Morgan fingerprint density at radius 1 is 0.848 bits per heavy atom. The molecule has 0 radical (unpaired) electrons. The van der Waals surface area contributed by atoms with Crippen LogP contribution in [0.3, 0.4) is 0 Å². The lowest BCUT2D eigenvalue weighted by molar-refractivity contribution is -0.132. The lowest BCUT2D eigenvalue weighted by Crippen LogP contribution is -2.49. The van der Waals surface area contributed by atoms with Crippen LogP contribution in [0, 0.1) is 6.92 Å². The van der Waals surface area contributed by atoms with Crippen LogP contribution >= 0.6 is 0 Å². The third-order valence-corrected chi connectivity index (χ3v) is 6.07. The number of hydrogen-bond acceptors (Lipinski definition) is 4. The largest absolute Gasteiger partial charge is 0.353 e. The summed E-state index contributed by atoms with van der Waals surface area (Å²) in [6, 6.07) is 24.3. The first kappa shape index (κ1) is 20.9. The van der Waals surface area contributed by atoms with Gasteiger partial charge in [0, 0.05) is 49.7 Å². The highest BCUT2D eigenvalue weighted by atomic mass is 16.2. The summed E-state index contributed by atoms with van der Waals surface area (Å²) in [6.45, 7) is 5.29. The molecule has 1 aliphatic rings. The van der Waals surface area contributed by atoms with E-state index in [1.807, 2.05) is 70.4 Å². The van der Waals surface area contributed by atoms with E-state index in [0.717, 1.165) is 41.6 Å². The molecule has 5 rings (SSSR count). The highest BCUT2D eigenvalue weighted by Crippen LogP contribution is 2.25. The molecule has 33 heavy (non-hydrogen) atoms. The molecule has 1 fully saturated rings. The van der Waals surface area contributed by atoms with Crippen LogP contribution in [-0.2, 0) is 11.3 Å². The molecule has 2 aromatic heterocycles. The predicted molar refractivity (Wildman–Crippen MR) is 131 cm³/mol. The molecule has 0 unspecified atom stereocenters. The first-order valence-electron chi connectivity index (χ1n) is 11.3. The number of hydrogen-bond donors (Lipinski definition) is 0. The zero-order valence-corrected chi connectivity index (χ0v) is 18.8. The number of anilines is 1. The van der Waals surface area contributed by atoms with Gasteiger partial charge in [-0.2, -0.15) is 0 Å². The monoisotopic (exact) mass is 437 g/mol. The molecule has 0 aliphatic carbocycles. The van der Waals surface area contributed by atoms with Gasteiger partial charge in [-0.1, -0.05) is 66.2 Å². The average Bonchev–Trinajstić information content (AvgIpc) is 3.29. The van der Waals surface area contributed by atoms with Crippen molar-refractivity contribution in [3.63, 3.8) is 0 Å². The van der Waals surface area contributed by atoms with E-state index in [2.05, 4.69) is 41.1 Å². The SMILES string of the molecule is Cc1ccc(-c2nc(-c3ccccc3)cn2CC(=O)N2CCN(c3ccccn3)CC2)cc1. The van der Waals surface area contributed by atoms with Crippen molar-refractivity contribution in [2.45, 2.75) is 13.5 Å². The van der Waals surface area contributed by atoms with Gasteiger partial charge in [-0.25, -0.2) is 9.97 Å². The summed E-state index contributed by atoms with van der Waals surface area (Å²) < 4.78 is 1.99. The van der Waals surface area contributed by atoms with Crippen molar-refractivity contribution in [2.24, 2.45) is 0 Å². The number of nitrogens with zero attached hydrogens (tertiary/aromatic N) is 5. The number of pyridine rings is 1. The van der Waals surface area contributed by atoms with Gasteiger partial charge in [0.05, 0.1) is 5.69 Å². The summed E-state index contributed by atoms with van der Waals surface area (Å²) in [5, 5.41) is 0. The molecule has 0 atom stereocenters. The van der Waals surface area contributed by atoms with E-state index in [4.69, 9.17) is 4.98 Å². The Hall–Kier alpha value is -3.93. The van der Waals surface area contributed by atoms with Gasteiger partial charge in [-0.3, -0.25) is 4.79 Å². The molecule has 0 spiro atoms. The van der Waals surface area contributed by atoms with E-state index in [-0.39, 0.29) is 12.5 Å². The lowest BCUT2D eigenvalue weighted by Gasteiger charge is -2.35.